The Morgan fingerprint density at radius 3 is 1.01 bits per heavy atom. The van der Waals surface area contributed by atoms with Gasteiger partial charge in [0.25, 0.3) is 0 Å². The zero-order valence-electron chi connectivity index (χ0n) is 51.3. The second-order valence-corrected chi connectivity index (χ2v) is 23.5. The molecule has 1 amide bonds. The van der Waals surface area contributed by atoms with Gasteiger partial charge in [-0.2, -0.15) is 0 Å². The predicted molar refractivity (Wildman–Crippen MR) is 333 cm³/mol. The summed E-state index contributed by atoms with van der Waals surface area (Å²) in [5, 5.41) is 23.3. The van der Waals surface area contributed by atoms with Crippen molar-refractivity contribution < 1.29 is 24.5 Å². The lowest BCUT2D eigenvalue weighted by atomic mass is 10.0. The van der Waals surface area contributed by atoms with Gasteiger partial charge < -0.3 is 20.3 Å². The van der Waals surface area contributed by atoms with Crippen molar-refractivity contribution in [2.75, 3.05) is 13.2 Å². The van der Waals surface area contributed by atoms with Crippen LogP contribution in [-0.4, -0.2) is 47.4 Å². The van der Waals surface area contributed by atoms with E-state index >= 15 is 0 Å². The summed E-state index contributed by atoms with van der Waals surface area (Å²) in [6, 6.07) is -0.541. The van der Waals surface area contributed by atoms with Crippen molar-refractivity contribution in [3.63, 3.8) is 0 Å². The van der Waals surface area contributed by atoms with E-state index in [1.54, 1.807) is 0 Å². The van der Waals surface area contributed by atoms with Crippen molar-refractivity contribution in [3.8, 4) is 0 Å². The Balaban J connectivity index is 3.38. The molecule has 76 heavy (non-hydrogen) atoms. The molecule has 0 aliphatic heterocycles. The minimum Gasteiger partial charge on any atom is -0.466 e. The highest BCUT2D eigenvalue weighted by atomic mass is 16.5. The number of aliphatic hydroxyl groups is 2. The number of esters is 1. The first kappa shape index (κ1) is 74.1. The van der Waals surface area contributed by atoms with Gasteiger partial charge in [0.15, 0.2) is 0 Å². The Morgan fingerprint density at radius 2 is 0.658 bits per heavy atom. The van der Waals surface area contributed by atoms with E-state index in [-0.39, 0.29) is 18.5 Å². The van der Waals surface area contributed by atoms with Crippen LogP contribution in [0.4, 0.5) is 0 Å². The van der Waals surface area contributed by atoms with Crippen LogP contribution in [0.3, 0.4) is 0 Å². The highest BCUT2D eigenvalue weighted by molar-refractivity contribution is 5.76. The average Bonchev–Trinajstić information content (AvgIpc) is 3.42. The molecule has 0 heterocycles. The summed E-state index contributed by atoms with van der Waals surface area (Å²) in [5.74, 6) is -0.0277. The lowest BCUT2D eigenvalue weighted by molar-refractivity contribution is -0.143. The van der Waals surface area contributed by atoms with Crippen molar-refractivity contribution >= 4 is 11.9 Å². The van der Waals surface area contributed by atoms with Crippen molar-refractivity contribution in [2.45, 2.75) is 386 Å². The summed E-state index contributed by atoms with van der Waals surface area (Å²) in [4.78, 5) is 24.5. The molecule has 0 saturated heterocycles. The maximum Gasteiger partial charge on any atom is 0.305 e. The molecule has 0 aliphatic carbocycles. The molecule has 2 unspecified atom stereocenters. The van der Waals surface area contributed by atoms with E-state index in [2.05, 4.69) is 55.6 Å². The highest BCUT2D eigenvalue weighted by Crippen LogP contribution is 2.18. The number of allylic oxidation sites excluding steroid dienone is 6. The fraction of sp³-hybridized carbons (Fsp3) is 0.886. The minimum atomic E-state index is -0.663. The molecule has 0 aromatic carbocycles. The topological polar surface area (TPSA) is 95.9 Å². The first-order valence-corrected chi connectivity index (χ1v) is 34.2. The third-order valence-electron chi connectivity index (χ3n) is 15.9. The molecule has 0 radical (unpaired) electrons. The number of unbranched alkanes of at least 4 members (excludes halogenated alkanes) is 47. The quantitative estimate of drug-likeness (QED) is 0.0320. The summed E-state index contributed by atoms with van der Waals surface area (Å²) in [7, 11) is 0. The molecule has 448 valence electrons. The molecule has 0 bridgehead atoms. The zero-order valence-corrected chi connectivity index (χ0v) is 51.3. The predicted octanol–water partition coefficient (Wildman–Crippen LogP) is 21.9. The molecular formula is C70H133NO5. The van der Waals surface area contributed by atoms with E-state index in [0.29, 0.717) is 25.9 Å². The summed E-state index contributed by atoms with van der Waals surface area (Å²) in [5.41, 5.74) is 0. The largest absolute Gasteiger partial charge is 0.466 e. The van der Waals surface area contributed by atoms with Crippen LogP contribution in [0.2, 0.25) is 0 Å². The van der Waals surface area contributed by atoms with Crippen molar-refractivity contribution in [1.82, 2.24) is 5.32 Å². The van der Waals surface area contributed by atoms with Gasteiger partial charge in [0, 0.05) is 12.8 Å². The lowest BCUT2D eigenvalue weighted by Crippen LogP contribution is -2.45. The SMILES string of the molecule is CCCCCCC/C=C\CCCCCCCC(=O)OCCCCCCCCCCC/C=C\C/C=C\CCCCCCCCCCCCCCCCCC(=O)NC(CO)C(O)CCCCCCCCCCCCCCCC. The van der Waals surface area contributed by atoms with E-state index in [9.17, 15) is 19.8 Å². The Labute approximate surface area is 474 Å². The normalized spacial score (nSPS) is 12.7. The number of carbonyl (C=O) groups excluding carboxylic acids is 2. The lowest BCUT2D eigenvalue weighted by Gasteiger charge is -2.22. The van der Waals surface area contributed by atoms with Crippen LogP contribution in [0, 0.1) is 0 Å². The monoisotopic (exact) mass is 1070 g/mol. The first-order valence-electron chi connectivity index (χ1n) is 34.2. The minimum absolute atomic E-state index is 0.00484. The summed E-state index contributed by atoms with van der Waals surface area (Å²) < 4.78 is 5.48. The number of carbonyl (C=O) groups is 2. The second kappa shape index (κ2) is 65.6. The van der Waals surface area contributed by atoms with Crippen molar-refractivity contribution in [1.29, 1.82) is 0 Å². The van der Waals surface area contributed by atoms with Crippen LogP contribution < -0.4 is 5.32 Å². The summed E-state index contributed by atoms with van der Waals surface area (Å²) >= 11 is 0. The Morgan fingerprint density at radius 1 is 0.368 bits per heavy atom. The number of rotatable bonds is 64. The number of aliphatic hydroxyl groups excluding tert-OH is 2. The van der Waals surface area contributed by atoms with Crippen LogP contribution in [0.5, 0.6) is 0 Å². The van der Waals surface area contributed by atoms with E-state index in [1.807, 2.05) is 0 Å². The van der Waals surface area contributed by atoms with Crippen LogP contribution in [0.25, 0.3) is 0 Å². The van der Waals surface area contributed by atoms with Gasteiger partial charge in [-0.25, -0.2) is 0 Å². The molecule has 0 aliphatic rings. The molecule has 2 atom stereocenters. The molecule has 0 fully saturated rings. The standard InChI is InChI=1S/C70H133NO5/c1-3-5-7-9-11-13-15-17-38-42-46-50-54-58-62-68(73)67(66-72)71-69(74)63-59-55-51-47-43-39-36-34-32-30-28-26-24-22-20-19-21-23-25-27-29-31-33-35-37-41-45-49-53-57-61-65-76-70(75)64-60-56-52-48-44-40-18-16-14-12-10-8-6-4-2/h16,18,21,23,27,29,67-68,72-73H,3-15,17,19-20,22,24-26,28,30-66H2,1-2H3,(H,71,74)/b18-16-,23-21-,29-27-. The van der Waals surface area contributed by atoms with Crippen LogP contribution >= 0.6 is 0 Å². The van der Waals surface area contributed by atoms with Gasteiger partial charge >= 0.3 is 5.97 Å². The average molecular weight is 1070 g/mol. The number of hydrogen-bond donors (Lipinski definition) is 3. The molecule has 0 aromatic heterocycles. The van der Waals surface area contributed by atoms with Gasteiger partial charge in [0.05, 0.1) is 25.4 Å². The second-order valence-electron chi connectivity index (χ2n) is 23.5. The van der Waals surface area contributed by atoms with Crippen molar-refractivity contribution in [2.24, 2.45) is 0 Å². The Bertz CT molecular complexity index is 1230. The molecular weight excluding hydrogens is 935 g/mol. The molecule has 0 saturated carbocycles. The van der Waals surface area contributed by atoms with E-state index in [4.69, 9.17) is 4.74 Å². The third-order valence-corrected chi connectivity index (χ3v) is 15.9. The molecule has 3 N–H and O–H groups in total. The number of ether oxygens (including phenoxy) is 1. The molecule has 0 rings (SSSR count). The van der Waals surface area contributed by atoms with Crippen LogP contribution in [-0.2, 0) is 14.3 Å². The van der Waals surface area contributed by atoms with Gasteiger partial charge in [-0.1, -0.05) is 314 Å². The van der Waals surface area contributed by atoms with Gasteiger partial charge in [0.2, 0.25) is 5.91 Å². The van der Waals surface area contributed by atoms with Crippen LogP contribution in [0.1, 0.15) is 373 Å². The molecule has 6 heteroatoms. The van der Waals surface area contributed by atoms with E-state index < -0.39 is 12.1 Å². The highest BCUT2D eigenvalue weighted by Gasteiger charge is 2.20. The first-order chi connectivity index (χ1) is 37.5. The van der Waals surface area contributed by atoms with E-state index in [0.717, 1.165) is 51.4 Å². The fourth-order valence-electron chi connectivity index (χ4n) is 10.7. The fourth-order valence-corrected chi connectivity index (χ4v) is 10.7. The number of hydrogen-bond acceptors (Lipinski definition) is 5. The van der Waals surface area contributed by atoms with Gasteiger partial charge in [0.1, 0.15) is 0 Å². The van der Waals surface area contributed by atoms with Gasteiger partial charge in [-0.15, -0.1) is 0 Å². The number of amides is 1. The molecule has 0 spiro atoms. The Kier molecular flexibility index (Phi) is 63.9. The smallest absolute Gasteiger partial charge is 0.305 e. The van der Waals surface area contributed by atoms with Crippen molar-refractivity contribution in [3.05, 3.63) is 36.5 Å². The molecule has 6 nitrogen and oxygen atoms in total. The number of nitrogens with one attached hydrogen (secondary N) is 1. The van der Waals surface area contributed by atoms with Gasteiger partial charge in [-0.3, -0.25) is 9.59 Å². The molecule has 0 aromatic rings. The maximum absolute atomic E-state index is 12.5. The summed E-state index contributed by atoms with van der Waals surface area (Å²) in [6.07, 6.45) is 83.3. The summed E-state index contributed by atoms with van der Waals surface area (Å²) in [6.45, 7) is 4.96. The van der Waals surface area contributed by atoms with Crippen LogP contribution in [0.15, 0.2) is 36.5 Å². The third kappa shape index (κ3) is 61.3. The van der Waals surface area contributed by atoms with Gasteiger partial charge in [-0.05, 0) is 83.5 Å². The Hall–Kier alpha value is -1.92. The zero-order chi connectivity index (χ0) is 55.0. The maximum atomic E-state index is 12.5. The van der Waals surface area contributed by atoms with E-state index in [1.165, 1.54) is 289 Å².